The van der Waals surface area contributed by atoms with Gasteiger partial charge in [0.05, 0.1) is 11.2 Å². The van der Waals surface area contributed by atoms with E-state index in [9.17, 15) is 9.59 Å². The van der Waals surface area contributed by atoms with Gasteiger partial charge in [0.25, 0.3) is 0 Å². The molecule has 0 aliphatic carbocycles. The Morgan fingerprint density at radius 2 is 2.05 bits per heavy atom. The predicted molar refractivity (Wildman–Crippen MR) is 81.1 cm³/mol. The third kappa shape index (κ3) is 3.33. The molecule has 1 fully saturated rings. The van der Waals surface area contributed by atoms with Gasteiger partial charge in [-0.05, 0) is 37.7 Å². The molecule has 1 N–H and O–H groups in total. The van der Waals surface area contributed by atoms with Crippen molar-refractivity contribution in [3.05, 3.63) is 30.3 Å². The second-order valence-corrected chi connectivity index (χ2v) is 6.72. The number of thioether (sulfide) groups is 1. The van der Waals surface area contributed by atoms with Crippen LogP contribution in [0.5, 0.6) is 0 Å². The summed E-state index contributed by atoms with van der Waals surface area (Å²) in [6.45, 7) is 2.18. The first-order valence-electron chi connectivity index (χ1n) is 6.76. The largest absolute Gasteiger partial charge is 0.481 e. The van der Waals surface area contributed by atoms with Gasteiger partial charge >= 0.3 is 5.97 Å². The maximum Gasteiger partial charge on any atom is 0.305 e. The van der Waals surface area contributed by atoms with E-state index < -0.39 is 10.7 Å². The summed E-state index contributed by atoms with van der Waals surface area (Å²) in [5.41, 5.74) is 0.771. The van der Waals surface area contributed by atoms with Crippen LogP contribution in [0.1, 0.15) is 26.2 Å². The first kappa shape index (κ1) is 14.9. The highest BCUT2D eigenvalue weighted by Gasteiger charge is 2.40. The molecule has 0 bridgehead atoms. The standard InChI is InChI=1S/C15H19NO3S/c1-15(9-5-11-20-15)14(19)16(10-8-13(17)18)12-6-3-2-4-7-12/h2-4,6-7H,5,8-11H2,1H3,(H,17,18). The minimum absolute atomic E-state index is 0.0208. The van der Waals surface area contributed by atoms with Gasteiger partial charge in [0.2, 0.25) is 5.91 Å². The Hall–Kier alpha value is -1.49. The van der Waals surface area contributed by atoms with E-state index in [4.69, 9.17) is 5.11 Å². The van der Waals surface area contributed by atoms with Gasteiger partial charge < -0.3 is 10.0 Å². The summed E-state index contributed by atoms with van der Waals surface area (Å²) >= 11 is 1.67. The smallest absolute Gasteiger partial charge is 0.305 e. The Kier molecular flexibility index (Phi) is 4.70. The van der Waals surface area contributed by atoms with E-state index in [0.717, 1.165) is 24.3 Å². The van der Waals surface area contributed by atoms with E-state index in [-0.39, 0.29) is 18.9 Å². The summed E-state index contributed by atoms with van der Waals surface area (Å²) in [4.78, 5) is 25.2. The Morgan fingerprint density at radius 3 is 2.60 bits per heavy atom. The maximum absolute atomic E-state index is 12.8. The third-order valence-electron chi connectivity index (χ3n) is 3.53. The molecule has 108 valence electrons. The van der Waals surface area contributed by atoms with Crippen LogP contribution >= 0.6 is 11.8 Å². The van der Waals surface area contributed by atoms with Gasteiger partial charge in [0.15, 0.2) is 0 Å². The average Bonchev–Trinajstić information content (AvgIpc) is 2.88. The molecule has 20 heavy (non-hydrogen) atoms. The molecule has 1 saturated heterocycles. The van der Waals surface area contributed by atoms with E-state index in [1.807, 2.05) is 37.3 Å². The van der Waals surface area contributed by atoms with Crippen molar-refractivity contribution in [1.82, 2.24) is 0 Å². The number of hydrogen-bond acceptors (Lipinski definition) is 3. The zero-order valence-corrected chi connectivity index (χ0v) is 12.4. The lowest BCUT2D eigenvalue weighted by Gasteiger charge is -2.31. The van der Waals surface area contributed by atoms with Crippen LogP contribution in [-0.4, -0.2) is 34.0 Å². The van der Waals surface area contributed by atoms with Crippen LogP contribution in [-0.2, 0) is 9.59 Å². The molecule has 1 heterocycles. The van der Waals surface area contributed by atoms with Crippen LogP contribution in [0.25, 0.3) is 0 Å². The monoisotopic (exact) mass is 293 g/mol. The zero-order chi connectivity index (χ0) is 14.6. The number of rotatable bonds is 5. The first-order valence-corrected chi connectivity index (χ1v) is 7.74. The van der Waals surface area contributed by atoms with E-state index in [2.05, 4.69) is 0 Å². The number of anilines is 1. The van der Waals surface area contributed by atoms with Crippen molar-refractivity contribution in [2.45, 2.75) is 30.9 Å². The molecule has 4 nitrogen and oxygen atoms in total. The highest BCUT2D eigenvalue weighted by atomic mass is 32.2. The molecule has 1 aromatic carbocycles. The molecule has 1 amide bonds. The van der Waals surface area contributed by atoms with Gasteiger partial charge in [0.1, 0.15) is 0 Å². The molecule has 1 aliphatic heterocycles. The van der Waals surface area contributed by atoms with Crippen molar-refractivity contribution in [2.75, 3.05) is 17.2 Å². The lowest BCUT2D eigenvalue weighted by Crippen LogP contribution is -2.45. The Labute approximate surface area is 123 Å². The molecule has 0 radical (unpaired) electrons. The quantitative estimate of drug-likeness (QED) is 0.907. The number of carbonyl (C=O) groups is 2. The number of aliphatic carboxylic acids is 1. The molecular weight excluding hydrogens is 274 g/mol. The highest BCUT2D eigenvalue weighted by Crippen LogP contribution is 2.40. The minimum Gasteiger partial charge on any atom is -0.481 e. The highest BCUT2D eigenvalue weighted by molar-refractivity contribution is 8.01. The molecule has 0 aromatic heterocycles. The maximum atomic E-state index is 12.8. The van der Waals surface area contributed by atoms with Crippen molar-refractivity contribution in [3.63, 3.8) is 0 Å². The van der Waals surface area contributed by atoms with Crippen LogP contribution < -0.4 is 4.90 Å². The van der Waals surface area contributed by atoms with Crippen LogP contribution in [0.3, 0.4) is 0 Å². The minimum atomic E-state index is -0.886. The summed E-state index contributed by atoms with van der Waals surface area (Å²) in [6.07, 6.45) is 1.85. The number of benzene rings is 1. The second-order valence-electron chi connectivity index (χ2n) is 5.12. The van der Waals surface area contributed by atoms with Crippen LogP contribution in [0.15, 0.2) is 30.3 Å². The summed E-state index contributed by atoms with van der Waals surface area (Å²) in [6, 6.07) is 9.31. The molecule has 1 aliphatic rings. The van der Waals surface area contributed by atoms with E-state index in [1.165, 1.54) is 0 Å². The van der Waals surface area contributed by atoms with E-state index in [1.54, 1.807) is 16.7 Å². The topological polar surface area (TPSA) is 57.6 Å². The normalized spacial score (nSPS) is 21.6. The summed E-state index contributed by atoms with van der Waals surface area (Å²) in [5.74, 6) is 0.125. The number of amides is 1. The van der Waals surface area contributed by atoms with E-state index >= 15 is 0 Å². The Bertz CT molecular complexity index is 483. The lowest BCUT2D eigenvalue weighted by molar-refractivity contribution is -0.136. The molecule has 5 heteroatoms. The van der Waals surface area contributed by atoms with Crippen LogP contribution in [0.2, 0.25) is 0 Å². The molecule has 0 saturated carbocycles. The average molecular weight is 293 g/mol. The van der Waals surface area contributed by atoms with Crippen molar-refractivity contribution < 1.29 is 14.7 Å². The number of carboxylic acids is 1. The van der Waals surface area contributed by atoms with Crippen molar-refractivity contribution >= 4 is 29.3 Å². The fourth-order valence-electron chi connectivity index (χ4n) is 2.40. The molecule has 1 atom stereocenters. The summed E-state index contributed by atoms with van der Waals surface area (Å²) in [7, 11) is 0. The number of carbonyl (C=O) groups excluding carboxylic acids is 1. The zero-order valence-electron chi connectivity index (χ0n) is 11.5. The van der Waals surface area contributed by atoms with Crippen molar-refractivity contribution in [3.8, 4) is 0 Å². The molecule has 1 aromatic rings. The molecule has 1 unspecified atom stereocenters. The van der Waals surface area contributed by atoms with Gasteiger partial charge in [-0.2, -0.15) is 0 Å². The fraction of sp³-hybridized carbons (Fsp3) is 0.467. The lowest BCUT2D eigenvalue weighted by atomic mass is 10.0. The SMILES string of the molecule is CC1(C(=O)N(CCC(=O)O)c2ccccc2)CCCS1. The second kappa shape index (κ2) is 6.31. The van der Waals surface area contributed by atoms with Gasteiger partial charge in [-0.25, -0.2) is 0 Å². The molecule has 0 spiro atoms. The van der Waals surface area contributed by atoms with Gasteiger partial charge in [-0.15, -0.1) is 11.8 Å². The summed E-state index contributed by atoms with van der Waals surface area (Å²) in [5, 5.41) is 8.88. The van der Waals surface area contributed by atoms with Crippen molar-refractivity contribution in [2.24, 2.45) is 0 Å². The third-order valence-corrected chi connectivity index (χ3v) is 5.04. The van der Waals surface area contributed by atoms with Gasteiger partial charge in [-0.3, -0.25) is 9.59 Å². The fourth-order valence-corrected chi connectivity index (χ4v) is 3.66. The number of para-hydroxylation sites is 1. The number of carboxylic acid groups (broad SMARTS) is 1. The predicted octanol–water partition coefficient (Wildman–Crippen LogP) is 2.78. The van der Waals surface area contributed by atoms with E-state index in [0.29, 0.717) is 0 Å². The number of nitrogens with zero attached hydrogens (tertiary/aromatic N) is 1. The van der Waals surface area contributed by atoms with Crippen LogP contribution in [0.4, 0.5) is 5.69 Å². The number of hydrogen-bond donors (Lipinski definition) is 1. The Balaban J connectivity index is 2.22. The van der Waals surface area contributed by atoms with Gasteiger partial charge in [-0.1, -0.05) is 18.2 Å². The molecular formula is C15H19NO3S. The summed E-state index contributed by atoms with van der Waals surface area (Å²) < 4.78 is -0.422. The van der Waals surface area contributed by atoms with Crippen molar-refractivity contribution in [1.29, 1.82) is 0 Å². The molecule has 2 rings (SSSR count). The first-order chi connectivity index (χ1) is 9.53. The van der Waals surface area contributed by atoms with Crippen LogP contribution in [0, 0.1) is 0 Å². The Morgan fingerprint density at radius 1 is 1.35 bits per heavy atom. The van der Waals surface area contributed by atoms with Gasteiger partial charge in [0, 0.05) is 12.2 Å².